The number of aromatic nitrogens is 2. The Morgan fingerprint density at radius 2 is 2.25 bits per heavy atom. The summed E-state index contributed by atoms with van der Waals surface area (Å²) in [5.74, 6) is 0.452. The van der Waals surface area contributed by atoms with E-state index in [2.05, 4.69) is 35.6 Å². The maximum Gasteiger partial charge on any atom is 0.293 e. The highest BCUT2D eigenvalue weighted by atomic mass is 32.1. The van der Waals surface area contributed by atoms with E-state index in [9.17, 15) is 4.79 Å². The van der Waals surface area contributed by atoms with Gasteiger partial charge in [-0.25, -0.2) is 4.98 Å². The third-order valence-corrected chi connectivity index (χ3v) is 4.14. The van der Waals surface area contributed by atoms with Gasteiger partial charge in [0.05, 0.1) is 6.04 Å². The van der Waals surface area contributed by atoms with E-state index in [0.717, 1.165) is 25.8 Å². The summed E-state index contributed by atoms with van der Waals surface area (Å²) in [6.07, 6.45) is 6.43. The fourth-order valence-corrected chi connectivity index (χ4v) is 3.00. The zero-order chi connectivity index (χ0) is 14.4. The summed E-state index contributed by atoms with van der Waals surface area (Å²) in [5, 5.41) is 5.38. The number of hydrogen-bond donors (Lipinski definition) is 1. The van der Waals surface area contributed by atoms with Gasteiger partial charge in [0.1, 0.15) is 0 Å². The predicted octanol–water partition coefficient (Wildman–Crippen LogP) is 3.67. The zero-order valence-electron chi connectivity index (χ0n) is 12.0. The van der Waals surface area contributed by atoms with Gasteiger partial charge in [-0.15, -0.1) is 11.3 Å². The Balaban J connectivity index is 2.23. The molecule has 4 nitrogen and oxygen atoms in total. The van der Waals surface area contributed by atoms with Crippen LogP contribution in [0.25, 0.3) is 0 Å². The first-order valence-electron chi connectivity index (χ1n) is 7.11. The second-order valence-electron chi connectivity index (χ2n) is 4.78. The molecule has 0 spiro atoms. The molecule has 20 heavy (non-hydrogen) atoms. The minimum Gasteiger partial charge on any atom is -0.358 e. The van der Waals surface area contributed by atoms with Crippen molar-refractivity contribution in [1.29, 1.82) is 0 Å². The molecule has 0 saturated carbocycles. The number of nitrogens with one attached hydrogen (secondary N) is 1. The first-order chi connectivity index (χ1) is 9.76. The average molecular weight is 291 g/mol. The molecule has 0 aliphatic heterocycles. The lowest BCUT2D eigenvalue weighted by molar-refractivity contribution is 0.640. The average Bonchev–Trinajstić information content (AvgIpc) is 2.97. The Labute approximate surface area is 123 Å². The topological polar surface area (TPSA) is 46.9 Å². The molecule has 0 aromatic carbocycles. The highest BCUT2D eigenvalue weighted by molar-refractivity contribution is 7.10. The van der Waals surface area contributed by atoms with Gasteiger partial charge in [-0.2, -0.15) is 0 Å². The highest BCUT2D eigenvalue weighted by Crippen LogP contribution is 2.25. The summed E-state index contributed by atoms with van der Waals surface area (Å²) in [6.45, 7) is 4.94. The standard InChI is InChI=1S/C15H21N3OS/c1-3-6-12(13-7-5-11-20-13)17-14-15(19)18(9-4-2)10-8-16-14/h5,7-8,10-12H,3-4,6,9H2,1-2H3,(H,16,17). The van der Waals surface area contributed by atoms with Crippen LogP contribution in [0.15, 0.2) is 34.7 Å². The van der Waals surface area contributed by atoms with Gasteiger partial charge < -0.3 is 9.88 Å². The van der Waals surface area contributed by atoms with Gasteiger partial charge in [-0.05, 0) is 24.3 Å². The Bertz CT molecular complexity index is 577. The van der Waals surface area contributed by atoms with Crippen LogP contribution < -0.4 is 10.9 Å². The van der Waals surface area contributed by atoms with Gasteiger partial charge in [0.15, 0.2) is 5.82 Å². The fourth-order valence-electron chi connectivity index (χ4n) is 2.19. The summed E-state index contributed by atoms with van der Waals surface area (Å²) in [4.78, 5) is 17.8. The normalized spacial score (nSPS) is 12.3. The molecule has 5 heteroatoms. The molecular formula is C15H21N3OS. The third-order valence-electron chi connectivity index (χ3n) is 3.15. The van der Waals surface area contributed by atoms with Crippen molar-refractivity contribution in [2.75, 3.05) is 5.32 Å². The minimum absolute atomic E-state index is 0.0352. The molecule has 2 heterocycles. The van der Waals surface area contributed by atoms with Crippen molar-refractivity contribution in [3.8, 4) is 0 Å². The Kier molecular flexibility index (Phi) is 5.35. The van der Waals surface area contributed by atoms with Crippen LogP contribution in [0.1, 0.15) is 44.0 Å². The highest BCUT2D eigenvalue weighted by Gasteiger charge is 2.14. The van der Waals surface area contributed by atoms with Gasteiger partial charge in [-0.1, -0.05) is 26.3 Å². The Morgan fingerprint density at radius 1 is 1.40 bits per heavy atom. The maximum atomic E-state index is 12.3. The molecule has 0 aliphatic rings. The molecule has 0 bridgehead atoms. The lowest BCUT2D eigenvalue weighted by atomic mass is 10.1. The van der Waals surface area contributed by atoms with Gasteiger partial charge in [-0.3, -0.25) is 4.79 Å². The summed E-state index contributed by atoms with van der Waals surface area (Å²) >= 11 is 1.71. The molecule has 1 unspecified atom stereocenters. The number of rotatable bonds is 7. The molecule has 108 valence electrons. The van der Waals surface area contributed by atoms with E-state index in [4.69, 9.17) is 0 Å². The van der Waals surface area contributed by atoms with Crippen LogP contribution in [-0.2, 0) is 6.54 Å². The number of hydrogen-bond acceptors (Lipinski definition) is 4. The SMILES string of the molecule is CCCC(Nc1nccn(CCC)c1=O)c1cccs1. The monoisotopic (exact) mass is 291 g/mol. The predicted molar refractivity (Wildman–Crippen MR) is 84.4 cm³/mol. The molecule has 0 fully saturated rings. The summed E-state index contributed by atoms with van der Waals surface area (Å²) in [7, 11) is 0. The van der Waals surface area contributed by atoms with E-state index in [0.29, 0.717) is 5.82 Å². The lowest BCUT2D eigenvalue weighted by Gasteiger charge is -2.17. The molecule has 0 aliphatic carbocycles. The number of nitrogens with zero attached hydrogens (tertiary/aromatic N) is 2. The molecule has 0 radical (unpaired) electrons. The molecule has 2 aromatic heterocycles. The summed E-state index contributed by atoms with van der Waals surface area (Å²) < 4.78 is 1.72. The van der Waals surface area contributed by atoms with Gasteiger partial charge in [0.2, 0.25) is 0 Å². The van der Waals surface area contributed by atoms with Gasteiger partial charge in [0.25, 0.3) is 5.56 Å². The van der Waals surface area contributed by atoms with Crippen molar-refractivity contribution in [1.82, 2.24) is 9.55 Å². The first-order valence-corrected chi connectivity index (χ1v) is 7.99. The van der Waals surface area contributed by atoms with E-state index in [1.54, 1.807) is 28.3 Å². The quantitative estimate of drug-likeness (QED) is 0.846. The summed E-state index contributed by atoms with van der Waals surface area (Å²) in [5.41, 5.74) is -0.0352. The Hall–Kier alpha value is -1.62. The van der Waals surface area contributed by atoms with Gasteiger partial charge >= 0.3 is 0 Å². The van der Waals surface area contributed by atoms with E-state index < -0.39 is 0 Å². The van der Waals surface area contributed by atoms with Crippen LogP contribution in [0.2, 0.25) is 0 Å². The smallest absolute Gasteiger partial charge is 0.293 e. The van der Waals surface area contributed by atoms with Crippen LogP contribution in [0, 0.1) is 0 Å². The molecule has 2 rings (SSSR count). The molecule has 1 N–H and O–H groups in total. The van der Waals surface area contributed by atoms with E-state index in [1.807, 2.05) is 6.07 Å². The van der Waals surface area contributed by atoms with Crippen molar-refractivity contribution in [3.05, 3.63) is 45.1 Å². The molecular weight excluding hydrogens is 270 g/mol. The summed E-state index contributed by atoms with van der Waals surface area (Å²) in [6, 6.07) is 4.31. The van der Waals surface area contributed by atoms with E-state index in [-0.39, 0.29) is 11.6 Å². The number of aryl methyl sites for hydroxylation is 1. The van der Waals surface area contributed by atoms with Crippen molar-refractivity contribution in [2.24, 2.45) is 0 Å². The largest absolute Gasteiger partial charge is 0.358 e. The van der Waals surface area contributed by atoms with Crippen LogP contribution in [-0.4, -0.2) is 9.55 Å². The second kappa shape index (κ2) is 7.24. The molecule has 0 amide bonds. The van der Waals surface area contributed by atoms with Crippen LogP contribution in [0.3, 0.4) is 0 Å². The van der Waals surface area contributed by atoms with Crippen molar-refractivity contribution < 1.29 is 0 Å². The van der Waals surface area contributed by atoms with Crippen molar-refractivity contribution >= 4 is 17.2 Å². The van der Waals surface area contributed by atoms with E-state index in [1.165, 1.54) is 4.88 Å². The van der Waals surface area contributed by atoms with Crippen LogP contribution >= 0.6 is 11.3 Å². The second-order valence-corrected chi connectivity index (χ2v) is 5.75. The van der Waals surface area contributed by atoms with Crippen molar-refractivity contribution in [3.63, 3.8) is 0 Å². The molecule has 2 aromatic rings. The molecule has 1 atom stereocenters. The molecule has 0 saturated heterocycles. The lowest BCUT2D eigenvalue weighted by Crippen LogP contribution is -2.25. The van der Waals surface area contributed by atoms with E-state index >= 15 is 0 Å². The first kappa shape index (κ1) is 14.8. The number of anilines is 1. The third kappa shape index (κ3) is 3.48. The van der Waals surface area contributed by atoms with Crippen LogP contribution in [0.4, 0.5) is 5.82 Å². The fraction of sp³-hybridized carbons (Fsp3) is 0.467. The zero-order valence-corrected chi connectivity index (χ0v) is 12.8. The Morgan fingerprint density at radius 3 is 2.90 bits per heavy atom. The number of thiophene rings is 1. The van der Waals surface area contributed by atoms with Crippen molar-refractivity contribution in [2.45, 2.75) is 45.7 Å². The minimum atomic E-state index is -0.0352. The van der Waals surface area contributed by atoms with Gasteiger partial charge in [0, 0.05) is 23.8 Å². The maximum absolute atomic E-state index is 12.3. The van der Waals surface area contributed by atoms with Crippen LogP contribution in [0.5, 0.6) is 0 Å².